The van der Waals surface area contributed by atoms with Crippen LogP contribution < -0.4 is 0 Å². The Labute approximate surface area is 79.8 Å². The summed E-state index contributed by atoms with van der Waals surface area (Å²) in [6.07, 6.45) is -0.798. The highest BCUT2D eigenvalue weighted by Gasteiger charge is 2.36. The molecule has 0 aliphatic heterocycles. The minimum absolute atomic E-state index is 0.0611. The Morgan fingerprint density at radius 2 is 2.21 bits per heavy atom. The van der Waals surface area contributed by atoms with Crippen LogP contribution in [0.3, 0.4) is 0 Å². The lowest BCUT2D eigenvalue weighted by atomic mass is 10.0. The van der Waals surface area contributed by atoms with E-state index in [2.05, 4.69) is 0 Å². The summed E-state index contributed by atoms with van der Waals surface area (Å²) in [4.78, 5) is 10.8. The maximum absolute atomic E-state index is 13.3. The number of rotatable bonds is 1. The summed E-state index contributed by atoms with van der Waals surface area (Å²) in [6, 6.07) is 4.25. The molecular weight excluding hydrogens is 187 g/mol. The molecule has 0 fully saturated rings. The number of carboxylic acid groups (broad SMARTS) is 1. The Morgan fingerprint density at radius 3 is 2.86 bits per heavy atom. The minimum atomic E-state index is -1.09. The summed E-state index contributed by atoms with van der Waals surface area (Å²) in [5, 5.41) is 18.3. The third-order valence-corrected chi connectivity index (χ3v) is 2.55. The molecule has 2 atom stereocenters. The van der Waals surface area contributed by atoms with Crippen molar-refractivity contribution < 1.29 is 19.4 Å². The Hall–Kier alpha value is -1.42. The lowest BCUT2D eigenvalue weighted by Crippen LogP contribution is -2.09. The maximum atomic E-state index is 13.3. The highest BCUT2D eigenvalue weighted by molar-refractivity contribution is 5.78. The van der Waals surface area contributed by atoms with Crippen molar-refractivity contribution in [3.05, 3.63) is 35.1 Å². The van der Waals surface area contributed by atoms with E-state index in [1.807, 2.05) is 0 Å². The first-order valence-electron chi connectivity index (χ1n) is 4.30. The Kier molecular flexibility index (Phi) is 2.00. The molecule has 0 heterocycles. The molecule has 2 unspecified atom stereocenters. The third-order valence-electron chi connectivity index (χ3n) is 2.55. The highest BCUT2D eigenvalue weighted by Crippen LogP contribution is 2.41. The van der Waals surface area contributed by atoms with Gasteiger partial charge in [0.25, 0.3) is 0 Å². The van der Waals surface area contributed by atoms with E-state index in [-0.39, 0.29) is 12.0 Å². The van der Waals surface area contributed by atoms with Crippen molar-refractivity contribution in [3.63, 3.8) is 0 Å². The smallest absolute Gasteiger partial charge is 0.311 e. The standard InChI is InChI=1S/C10H9FO3/c11-7-3-1-2-5-8(12)4-6(9(5)7)10(13)14/h1-3,6,8,12H,4H2,(H,13,14). The predicted octanol–water partition coefficient (Wildman–Crippen LogP) is 1.43. The van der Waals surface area contributed by atoms with Crippen LogP contribution in [0, 0.1) is 5.82 Å². The predicted molar refractivity (Wildman–Crippen MR) is 46.4 cm³/mol. The third kappa shape index (κ3) is 1.19. The molecular formula is C10H9FO3. The lowest BCUT2D eigenvalue weighted by molar-refractivity contribution is -0.139. The number of carbonyl (C=O) groups is 1. The quantitative estimate of drug-likeness (QED) is 0.714. The van der Waals surface area contributed by atoms with Crippen molar-refractivity contribution in [2.45, 2.75) is 18.4 Å². The Bertz CT molecular complexity index is 389. The molecule has 0 spiro atoms. The fourth-order valence-corrected chi connectivity index (χ4v) is 1.90. The topological polar surface area (TPSA) is 57.5 Å². The van der Waals surface area contributed by atoms with Crippen LogP contribution in [-0.4, -0.2) is 16.2 Å². The average molecular weight is 196 g/mol. The Morgan fingerprint density at radius 1 is 1.50 bits per heavy atom. The lowest BCUT2D eigenvalue weighted by Gasteiger charge is -2.05. The van der Waals surface area contributed by atoms with Gasteiger partial charge in [-0.3, -0.25) is 4.79 Å². The van der Waals surface area contributed by atoms with Crippen LogP contribution in [0.25, 0.3) is 0 Å². The fourth-order valence-electron chi connectivity index (χ4n) is 1.90. The Balaban J connectivity index is 2.56. The fraction of sp³-hybridized carbons (Fsp3) is 0.300. The first-order valence-corrected chi connectivity index (χ1v) is 4.30. The van der Waals surface area contributed by atoms with Crippen molar-refractivity contribution in [2.24, 2.45) is 0 Å². The molecule has 0 radical (unpaired) electrons. The first kappa shape index (κ1) is 9.15. The second kappa shape index (κ2) is 3.06. The van der Waals surface area contributed by atoms with Gasteiger partial charge in [-0.15, -0.1) is 0 Å². The largest absolute Gasteiger partial charge is 0.481 e. The molecule has 1 aliphatic rings. The van der Waals surface area contributed by atoms with E-state index in [1.54, 1.807) is 6.07 Å². The van der Waals surface area contributed by atoms with E-state index in [0.29, 0.717) is 5.56 Å². The van der Waals surface area contributed by atoms with Gasteiger partial charge < -0.3 is 10.2 Å². The van der Waals surface area contributed by atoms with Gasteiger partial charge in [0, 0.05) is 5.56 Å². The molecule has 1 aromatic rings. The zero-order valence-corrected chi connectivity index (χ0v) is 7.27. The monoisotopic (exact) mass is 196 g/mol. The van der Waals surface area contributed by atoms with Crippen molar-refractivity contribution in [2.75, 3.05) is 0 Å². The number of hydrogen-bond acceptors (Lipinski definition) is 2. The van der Waals surface area contributed by atoms with Crippen LogP contribution in [-0.2, 0) is 4.79 Å². The minimum Gasteiger partial charge on any atom is -0.481 e. The van der Waals surface area contributed by atoms with Crippen molar-refractivity contribution in [1.82, 2.24) is 0 Å². The first-order chi connectivity index (χ1) is 6.61. The summed E-state index contributed by atoms with van der Waals surface area (Å²) in [5.41, 5.74) is 0.532. The number of hydrogen-bond donors (Lipinski definition) is 2. The van der Waals surface area contributed by atoms with Crippen LogP contribution in [0.2, 0.25) is 0 Å². The molecule has 2 N–H and O–H groups in total. The molecule has 14 heavy (non-hydrogen) atoms. The van der Waals surface area contributed by atoms with Crippen molar-refractivity contribution >= 4 is 5.97 Å². The summed E-state index contributed by atoms with van der Waals surface area (Å²) < 4.78 is 13.3. The van der Waals surface area contributed by atoms with Crippen LogP contribution in [0.15, 0.2) is 18.2 Å². The molecule has 1 aliphatic carbocycles. The normalized spacial score (nSPS) is 24.7. The number of aliphatic hydroxyl groups is 1. The van der Waals surface area contributed by atoms with Gasteiger partial charge in [-0.05, 0) is 18.1 Å². The molecule has 0 saturated carbocycles. The SMILES string of the molecule is O=C(O)C1CC(O)c2cccc(F)c21. The van der Waals surface area contributed by atoms with Gasteiger partial charge >= 0.3 is 5.97 Å². The van der Waals surface area contributed by atoms with Gasteiger partial charge in [-0.1, -0.05) is 12.1 Å². The second-order valence-corrected chi connectivity index (χ2v) is 3.39. The van der Waals surface area contributed by atoms with Crippen LogP contribution in [0.5, 0.6) is 0 Å². The maximum Gasteiger partial charge on any atom is 0.311 e. The van der Waals surface area contributed by atoms with E-state index in [0.717, 1.165) is 0 Å². The number of halogens is 1. The molecule has 74 valence electrons. The van der Waals surface area contributed by atoms with Gasteiger partial charge in [-0.25, -0.2) is 4.39 Å². The summed E-state index contributed by atoms with van der Waals surface area (Å²) in [6.45, 7) is 0. The van der Waals surface area contributed by atoms with Gasteiger partial charge in [0.15, 0.2) is 0 Å². The number of aliphatic hydroxyl groups excluding tert-OH is 1. The van der Waals surface area contributed by atoms with E-state index in [1.165, 1.54) is 12.1 Å². The molecule has 4 heteroatoms. The summed E-state index contributed by atoms with van der Waals surface area (Å²) in [7, 11) is 0. The van der Waals surface area contributed by atoms with E-state index in [9.17, 15) is 14.3 Å². The van der Waals surface area contributed by atoms with Gasteiger partial charge in [0.05, 0.1) is 12.0 Å². The number of benzene rings is 1. The second-order valence-electron chi connectivity index (χ2n) is 3.39. The molecule has 0 bridgehead atoms. The molecule has 0 saturated heterocycles. The van der Waals surface area contributed by atoms with E-state index < -0.39 is 23.8 Å². The number of carboxylic acids is 1. The zero-order chi connectivity index (χ0) is 10.3. The average Bonchev–Trinajstić information content (AvgIpc) is 2.46. The zero-order valence-electron chi connectivity index (χ0n) is 7.27. The van der Waals surface area contributed by atoms with Gasteiger partial charge in [0.2, 0.25) is 0 Å². The molecule has 0 amide bonds. The van der Waals surface area contributed by atoms with Crippen molar-refractivity contribution in [1.29, 1.82) is 0 Å². The van der Waals surface area contributed by atoms with Crippen LogP contribution in [0.4, 0.5) is 4.39 Å². The van der Waals surface area contributed by atoms with E-state index in [4.69, 9.17) is 5.11 Å². The molecule has 0 aromatic heterocycles. The van der Waals surface area contributed by atoms with Crippen molar-refractivity contribution in [3.8, 4) is 0 Å². The highest BCUT2D eigenvalue weighted by atomic mass is 19.1. The van der Waals surface area contributed by atoms with Gasteiger partial charge in [-0.2, -0.15) is 0 Å². The van der Waals surface area contributed by atoms with E-state index >= 15 is 0 Å². The van der Waals surface area contributed by atoms with Gasteiger partial charge in [0.1, 0.15) is 5.82 Å². The molecule has 1 aromatic carbocycles. The van der Waals surface area contributed by atoms with Crippen LogP contribution in [0.1, 0.15) is 29.6 Å². The number of fused-ring (bicyclic) bond motifs is 1. The number of aliphatic carboxylic acids is 1. The summed E-state index contributed by atoms with van der Waals surface area (Å²) >= 11 is 0. The van der Waals surface area contributed by atoms with Crippen LogP contribution >= 0.6 is 0 Å². The molecule has 2 rings (SSSR count). The summed E-state index contributed by atoms with van der Waals surface area (Å²) in [5.74, 6) is -2.56. The molecule has 3 nitrogen and oxygen atoms in total.